The number of cyclic esters (lactones) is 1. The van der Waals surface area contributed by atoms with Gasteiger partial charge in [0, 0.05) is 11.5 Å². The van der Waals surface area contributed by atoms with Crippen LogP contribution < -0.4 is 0 Å². The van der Waals surface area contributed by atoms with Gasteiger partial charge in [0.1, 0.15) is 6.61 Å². The molecular formula is C24H36O4. The Morgan fingerprint density at radius 3 is 2.46 bits per heavy atom. The van der Waals surface area contributed by atoms with Gasteiger partial charge >= 0.3 is 5.97 Å². The average Bonchev–Trinajstić information content (AvgIpc) is 3.16. The minimum atomic E-state index is -0.638. The molecule has 0 aromatic heterocycles. The Balaban J connectivity index is 1.46. The summed E-state index contributed by atoms with van der Waals surface area (Å²) in [5, 5.41) is 22.8. The maximum atomic E-state index is 12.2. The second kappa shape index (κ2) is 5.85. The quantitative estimate of drug-likeness (QED) is 0.667. The first-order valence-corrected chi connectivity index (χ1v) is 11.4. The summed E-state index contributed by atoms with van der Waals surface area (Å²) in [6, 6.07) is 0. The van der Waals surface area contributed by atoms with Gasteiger partial charge in [-0.2, -0.15) is 0 Å². The van der Waals surface area contributed by atoms with Crippen molar-refractivity contribution in [2.45, 2.75) is 89.8 Å². The van der Waals surface area contributed by atoms with Crippen LogP contribution in [0.1, 0.15) is 78.6 Å². The van der Waals surface area contributed by atoms with E-state index in [1.165, 1.54) is 0 Å². The van der Waals surface area contributed by atoms with Gasteiger partial charge in [-0.05, 0) is 99.4 Å². The molecule has 1 aliphatic heterocycles. The fourth-order valence-corrected chi connectivity index (χ4v) is 8.58. The van der Waals surface area contributed by atoms with Crippen molar-refractivity contribution in [2.24, 2.45) is 34.5 Å². The van der Waals surface area contributed by atoms with Crippen LogP contribution >= 0.6 is 0 Å². The Morgan fingerprint density at radius 2 is 1.75 bits per heavy atom. The predicted molar refractivity (Wildman–Crippen MR) is 106 cm³/mol. The van der Waals surface area contributed by atoms with Crippen LogP contribution in [-0.2, 0) is 9.53 Å². The molecule has 0 aromatic rings. The lowest BCUT2D eigenvalue weighted by molar-refractivity contribution is -0.213. The molecule has 0 unspecified atom stereocenters. The van der Waals surface area contributed by atoms with Gasteiger partial charge in [-0.1, -0.05) is 13.8 Å². The van der Waals surface area contributed by atoms with Crippen molar-refractivity contribution in [3.05, 3.63) is 11.6 Å². The van der Waals surface area contributed by atoms with Gasteiger partial charge in [0.2, 0.25) is 0 Å². The van der Waals surface area contributed by atoms with Gasteiger partial charge in [0.15, 0.2) is 0 Å². The number of ether oxygens (including phenoxy) is 1. The van der Waals surface area contributed by atoms with E-state index in [1.807, 2.05) is 6.92 Å². The van der Waals surface area contributed by atoms with Crippen LogP contribution in [0.2, 0.25) is 0 Å². The molecule has 2 N–H and O–H groups in total. The summed E-state index contributed by atoms with van der Waals surface area (Å²) < 4.78 is 5.21. The van der Waals surface area contributed by atoms with Crippen LogP contribution in [0.25, 0.3) is 0 Å². The van der Waals surface area contributed by atoms with E-state index in [9.17, 15) is 15.0 Å². The van der Waals surface area contributed by atoms with Crippen LogP contribution in [0, 0.1) is 34.5 Å². The molecule has 8 atom stereocenters. The molecule has 0 aromatic carbocycles. The molecule has 0 bridgehead atoms. The number of rotatable bonds is 1. The fourth-order valence-electron chi connectivity index (χ4n) is 8.58. The van der Waals surface area contributed by atoms with Crippen molar-refractivity contribution in [3.63, 3.8) is 0 Å². The Labute approximate surface area is 168 Å². The summed E-state index contributed by atoms with van der Waals surface area (Å²) in [4.78, 5) is 11.7. The molecule has 4 heteroatoms. The van der Waals surface area contributed by atoms with Crippen molar-refractivity contribution in [1.82, 2.24) is 0 Å². The third-order valence-electron chi connectivity index (χ3n) is 10.3. The lowest BCUT2D eigenvalue weighted by atomic mass is 9.42. The average molecular weight is 389 g/mol. The molecular weight excluding hydrogens is 352 g/mol. The molecule has 156 valence electrons. The first-order chi connectivity index (χ1) is 13.1. The maximum Gasteiger partial charge on any atom is 0.331 e. The first kappa shape index (κ1) is 19.1. The van der Waals surface area contributed by atoms with Crippen molar-refractivity contribution in [3.8, 4) is 0 Å². The fraction of sp³-hybridized carbons (Fsp3) is 0.875. The van der Waals surface area contributed by atoms with Crippen LogP contribution in [0.15, 0.2) is 11.6 Å². The van der Waals surface area contributed by atoms with Crippen LogP contribution in [-0.4, -0.2) is 34.0 Å². The zero-order valence-corrected chi connectivity index (χ0v) is 17.7. The van der Waals surface area contributed by atoms with E-state index >= 15 is 0 Å². The van der Waals surface area contributed by atoms with Crippen molar-refractivity contribution in [2.75, 3.05) is 6.61 Å². The van der Waals surface area contributed by atoms with Crippen molar-refractivity contribution in [1.29, 1.82) is 0 Å². The third kappa shape index (κ3) is 2.40. The van der Waals surface area contributed by atoms with E-state index in [0.29, 0.717) is 24.4 Å². The smallest absolute Gasteiger partial charge is 0.331 e. The SMILES string of the molecule is C[C@]1(O)CC[C@@]2(C)[C@H](CC[C@@H]3[C@@H]2CC[C@]2(C)[C@@H](C4=CC(=O)OC4)CC[C@]32O)C1. The highest BCUT2D eigenvalue weighted by Crippen LogP contribution is 2.70. The predicted octanol–water partition coefficient (Wildman–Crippen LogP) is 3.99. The largest absolute Gasteiger partial charge is 0.458 e. The molecule has 0 radical (unpaired) electrons. The number of aliphatic hydroxyl groups is 2. The molecule has 0 spiro atoms. The Morgan fingerprint density at radius 1 is 0.964 bits per heavy atom. The zero-order valence-electron chi connectivity index (χ0n) is 17.7. The van der Waals surface area contributed by atoms with Crippen molar-refractivity contribution < 1.29 is 19.7 Å². The lowest BCUT2D eigenvalue weighted by Gasteiger charge is -2.64. The lowest BCUT2D eigenvalue weighted by Crippen LogP contribution is -2.62. The molecule has 4 nitrogen and oxygen atoms in total. The second-order valence-corrected chi connectivity index (χ2v) is 11.5. The monoisotopic (exact) mass is 388 g/mol. The minimum Gasteiger partial charge on any atom is -0.458 e. The standard InChI is InChI=1S/C24H36O4/c1-21(26)10-11-22(2)16(13-21)4-5-19-18(22)6-8-23(3)17(7-9-24(19,23)27)15-12-20(25)28-14-15/h12,16-19,26-27H,4-11,13-14H2,1-3H3/t16-,17-,18+,19-,21+,22+,23-,24+/m1/s1. The molecule has 0 amide bonds. The second-order valence-electron chi connectivity index (χ2n) is 11.5. The Hall–Kier alpha value is -0.870. The molecule has 4 fully saturated rings. The number of esters is 1. The van der Waals surface area contributed by atoms with Gasteiger partial charge in [-0.25, -0.2) is 4.79 Å². The summed E-state index contributed by atoms with van der Waals surface area (Å²) in [6.07, 6.45) is 10.8. The van der Waals surface area contributed by atoms with Crippen LogP contribution in [0.4, 0.5) is 0 Å². The van der Waals surface area contributed by atoms with E-state index < -0.39 is 11.2 Å². The molecule has 4 aliphatic carbocycles. The number of fused-ring (bicyclic) bond motifs is 5. The first-order valence-electron chi connectivity index (χ1n) is 11.4. The van der Waals surface area contributed by atoms with Crippen LogP contribution in [0.3, 0.4) is 0 Å². The summed E-state index contributed by atoms with van der Waals surface area (Å²) >= 11 is 0. The molecule has 5 rings (SSSR count). The maximum absolute atomic E-state index is 12.2. The third-order valence-corrected chi connectivity index (χ3v) is 10.3. The molecule has 4 saturated carbocycles. The van der Waals surface area contributed by atoms with Gasteiger partial charge in [0.25, 0.3) is 0 Å². The number of carbonyl (C=O) groups is 1. The van der Waals surface area contributed by atoms with Crippen LogP contribution in [0.5, 0.6) is 0 Å². The van der Waals surface area contributed by atoms with E-state index in [1.54, 1.807) is 6.08 Å². The van der Waals surface area contributed by atoms with E-state index in [4.69, 9.17) is 4.74 Å². The summed E-state index contributed by atoms with van der Waals surface area (Å²) in [5.41, 5.74) is 0.0389. The van der Waals surface area contributed by atoms with E-state index in [-0.39, 0.29) is 22.7 Å². The minimum absolute atomic E-state index is 0.155. The van der Waals surface area contributed by atoms with Crippen molar-refractivity contribution >= 4 is 5.97 Å². The molecule has 5 aliphatic rings. The summed E-state index contributed by atoms with van der Waals surface area (Å²) in [6.45, 7) is 7.15. The normalized spacial score (nSPS) is 55.8. The highest BCUT2D eigenvalue weighted by molar-refractivity contribution is 5.85. The number of hydrogen-bond acceptors (Lipinski definition) is 4. The highest BCUT2D eigenvalue weighted by atomic mass is 16.5. The van der Waals surface area contributed by atoms with E-state index in [0.717, 1.165) is 63.4 Å². The van der Waals surface area contributed by atoms with Gasteiger partial charge < -0.3 is 14.9 Å². The Bertz CT molecular complexity index is 726. The van der Waals surface area contributed by atoms with Gasteiger partial charge in [-0.15, -0.1) is 0 Å². The molecule has 28 heavy (non-hydrogen) atoms. The summed E-state index contributed by atoms with van der Waals surface area (Å²) in [5.74, 6) is 1.52. The van der Waals surface area contributed by atoms with Gasteiger partial charge in [0.05, 0.1) is 11.2 Å². The molecule has 0 saturated heterocycles. The summed E-state index contributed by atoms with van der Waals surface area (Å²) in [7, 11) is 0. The Kier molecular flexibility index (Phi) is 3.99. The van der Waals surface area contributed by atoms with E-state index in [2.05, 4.69) is 13.8 Å². The van der Waals surface area contributed by atoms with Gasteiger partial charge in [-0.3, -0.25) is 0 Å². The topological polar surface area (TPSA) is 66.8 Å². The highest BCUT2D eigenvalue weighted by Gasteiger charge is 2.68. The zero-order chi connectivity index (χ0) is 19.9. The number of hydrogen-bond donors (Lipinski definition) is 2. The number of carbonyl (C=O) groups excluding carboxylic acids is 1. The molecule has 1 heterocycles.